The number of nitrogens with one attached hydrogen (secondary N) is 1. The number of rotatable bonds is 5. The first-order valence-corrected chi connectivity index (χ1v) is 7.03. The number of nitrogens with zero attached hydrogens (tertiary/aromatic N) is 1. The van der Waals surface area contributed by atoms with E-state index in [9.17, 15) is 18.4 Å². The van der Waals surface area contributed by atoms with Gasteiger partial charge in [-0.05, 0) is 37.8 Å². The molecular formula is C16H16F2N2O2. The lowest BCUT2D eigenvalue weighted by Crippen LogP contribution is -2.39. The van der Waals surface area contributed by atoms with Crippen LogP contribution in [0.3, 0.4) is 0 Å². The zero-order chi connectivity index (χ0) is 16.4. The van der Waals surface area contributed by atoms with Gasteiger partial charge in [-0.15, -0.1) is 0 Å². The van der Waals surface area contributed by atoms with Crippen LogP contribution in [0.1, 0.15) is 31.7 Å². The Morgan fingerprint density at radius 3 is 2.59 bits per heavy atom. The van der Waals surface area contributed by atoms with Crippen LogP contribution in [0, 0.1) is 34.8 Å². The van der Waals surface area contributed by atoms with Gasteiger partial charge in [0.2, 0.25) is 5.91 Å². The van der Waals surface area contributed by atoms with Crippen LogP contribution in [0.15, 0.2) is 18.2 Å². The predicted octanol–water partition coefficient (Wildman–Crippen LogP) is 2.30. The van der Waals surface area contributed by atoms with Gasteiger partial charge >= 0.3 is 0 Å². The number of amides is 1. The Morgan fingerprint density at radius 1 is 1.36 bits per heavy atom. The van der Waals surface area contributed by atoms with Gasteiger partial charge in [-0.25, -0.2) is 8.78 Å². The summed E-state index contributed by atoms with van der Waals surface area (Å²) < 4.78 is 26.6. The molecule has 6 heteroatoms. The van der Waals surface area contributed by atoms with E-state index in [2.05, 4.69) is 5.32 Å². The van der Waals surface area contributed by atoms with Gasteiger partial charge in [-0.3, -0.25) is 9.59 Å². The Morgan fingerprint density at radius 2 is 2.05 bits per heavy atom. The molecule has 4 nitrogen and oxygen atoms in total. The van der Waals surface area contributed by atoms with Crippen LogP contribution in [0.25, 0.3) is 0 Å². The molecular weight excluding hydrogens is 290 g/mol. The molecule has 1 amide bonds. The summed E-state index contributed by atoms with van der Waals surface area (Å²) in [6, 6.07) is 4.73. The zero-order valence-corrected chi connectivity index (χ0v) is 12.3. The van der Waals surface area contributed by atoms with Crippen molar-refractivity contribution in [3.05, 3.63) is 35.4 Å². The van der Waals surface area contributed by atoms with Crippen molar-refractivity contribution < 1.29 is 18.4 Å². The van der Waals surface area contributed by atoms with Crippen LogP contribution < -0.4 is 5.32 Å². The standard InChI is InChI=1S/C16H16F2N2O2/c1-8(2)20-16(22)13(7-19)15(21)12-6-11(12)10-4-3-9(17)5-14(10)18/h3-5,8,11-13H,6H2,1-2H3,(H,20,22)/t11-,12+,13-/m1/s1. The topological polar surface area (TPSA) is 70.0 Å². The molecule has 1 N–H and O–H groups in total. The third-order valence-corrected chi connectivity index (χ3v) is 3.62. The number of hydrogen-bond donors (Lipinski definition) is 1. The van der Waals surface area contributed by atoms with Crippen LogP contribution in [0.2, 0.25) is 0 Å². The van der Waals surface area contributed by atoms with Crippen LogP contribution in [-0.4, -0.2) is 17.7 Å². The molecule has 3 atom stereocenters. The summed E-state index contributed by atoms with van der Waals surface area (Å²) >= 11 is 0. The first-order chi connectivity index (χ1) is 10.3. The van der Waals surface area contributed by atoms with E-state index in [-0.39, 0.29) is 11.6 Å². The van der Waals surface area contributed by atoms with Crippen LogP contribution in [0.4, 0.5) is 8.78 Å². The molecule has 0 bridgehead atoms. The fourth-order valence-electron chi connectivity index (χ4n) is 2.49. The molecule has 2 rings (SSSR count). The second kappa shape index (κ2) is 6.22. The number of carbonyl (C=O) groups excluding carboxylic acids is 2. The van der Waals surface area contributed by atoms with Crippen LogP contribution >= 0.6 is 0 Å². The fourth-order valence-corrected chi connectivity index (χ4v) is 2.49. The quantitative estimate of drug-likeness (QED) is 0.849. The number of nitriles is 1. The number of benzene rings is 1. The molecule has 1 aliphatic rings. The summed E-state index contributed by atoms with van der Waals surface area (Å²) in [6.45, 7) is 3.45. The summed E-state index contributed by atoms with van der Waals surface area (Å²) in [5.74, 6) is -4.88. The van der Waals surface area contributed by atoms with Gasteiger partial charge in [0.15, 0.2) is 11.7 Å². The number of carbonyl (C=O) groups is 2. The summed E-state index contributed by atoms with van der Waals surface area (Å²) in [5.41, 5.74) is 0.251. The van der Waals surface area contributed by atoms with E-state index in [0.29, 0.717) is 6.42 Å². The maximum atomic E-state index is 13.7. The Labute approximate surface area is 127 Å². The summed E-state index contributed by atoms with van der Waals surface area (Å²) in [5, 5.41) is 11.6. The van der Waals surface area contributed by atoms with Gasteiger partial charge in [0.05, 0.1) is 6.07 Å². The van der Waals surface area contributed by atoms with E-state index in [1.165, 1.54) is 6.07 Å². The first-order valence-electron chi connectivity index (χ1n) is 7.03. The Kier molecular flexibility index (Phi) is 4.55. The van der Waals surface area contributed by atoms with Crippen molar-refractivity contribution in [3.8, 4) is 6.07 Å². The van der Waals surface area contributed by atoms with E-state index in [1.807, 2.05) is 0 Å². The Balaban J connectivity index is 2.09. The van der Waals surface area contributed by atoms with Gasteiger partial charge in [-0.1, -0.05) is 6.07 Å². The minimum absolute atomic E-state index is 0.180. The van der Waals surface area contributed by atoms with Crippen molar-refractivity contribution in [3.63, 3.8) is 0 Å². The number of hydrogen-bond acceptors (Lipinski definition) is 3. The molecule has 0 spiro atoms. The largest absolute Gasteiger partial charge is 0.352 e. The molecule has 1 aliphatic carbocycles. The fraction of sp³-hybridized carbons (Fsp3) is 0.438. The lowest BCUT2D eigenvalue weighted by atomic mass is 9.97. The molecule has 0 saturated heterocycles. The van der Waals surface area contributed by atoms with Gasteiger partial charge < -0.3 is 5.32 Å². The molecule has 0 unspecified atom stereocenters. The van der Waals surface area contributed by atoms with Gasteiger partial charge in [0, 0.05) is 18.0 Å². The second-order valence-corrected chi connectivity index (χ2v) is 5.74. The van der Waals surface area contributed by atoms with Crippen molar-refractivity contribution in [1.82, 2.24) is 5.32 Å². The Hall–Kier alpha value is -2.29. The molecule has 0 radical (unpaired) electrons. The normalized spacial score (nSPS) is 21.1. The zero-order valence-electron chi connectivity index (χ0n) is 12.3. The summed E-state index contributed by atoms with van der Waals surface area (Å²) in [6.07, 6.45) is 0.370. The van der Waals surface area contributed by atoms with Crippen molar-refractivity contribution in [2.45, 2.75) is 32.2 Å². The predicted molar refractivity (Wildman–Crippen MR) is 74.6 cm³/mol. The van der Waals surface area contributed by atoms with E-state index < -0.39 is 41.1 Å². The molecule has 0 heterocycles. The molecule has 116 valence electrons. The lowest BCUT2D eigenvalue weighted by molar-refractivity contribution is -0.132. The van der Waals surface area contributed by atoms with Gasteiger partial charge in [0.25, 0.3) is 0 Å². The van der Waals surface area contributed by atoms with Crippen molar-refractivity contribution in [2.75, 3.05) is 0 Å². The molecule has 22 heavy (non-hydrogen) atoms. The average Bonchev–Trinajstić information content (AvgIpc) is 3.18. The number of Topliss-reactive ketones (excluding diaryl/α,β-unsaturated/α-hetero) is 1. The van der Waals surface area contributed by atoms with E-state index in [0.717, 1.165) is 12.1 Å². The second-order valence-electron chi connectivity index (χ2n) is 5.74. The highest BCUT2D eigenvalue weighted by atomic mass is 19.1. The van der Waals surface area contributed by atoms with E-state index >= 15 is 0 Å². The third-order valence-electron chi connectivity index (χ3n) is 3.62. The molecule has 1 saturated carbocycles. The third kappa shape index (κ3) is 3.30. The van der Waals surface area contributed by atoms with Gasteiger partial charge in [0.1, 0.15) is 11.6 Å². The van der Waals surface area contributed by atoms with E-state index in [1.54, 1.807) is 19.9 Å². The first kappa shape index (κ1) is 16.1. The van der Waals surface area contributed by atoms with E-state index in [4.69, 9.17) is 5.26 Å². The van der Waals surface area contributed by atoms with Crippen molar-refractivity contribution in [2.24, 2.45) is 11.8 Å². The highest BCUT2D eigenvalue weighted by molar-refractivity contribution is 6.06. The molecule has 1 fully saturated rings. The van der Waals surface area contributed by atoms with Crippen LogP contribution in [0.5, 0.6) is 0 Å². The van der Waals surface area contributed by atoms with Crippen molar-refractivity contribution >= 4 is 11.7 Å². The molecule has 1 aromatic carbocycles. The Bertz CT molecular complexity index is 652. The highest BCUT2D eigenvalue weighted by Crippen LogP contribution is 2.49. The number of ketones is 1. The summed E-state index contributed by atoms with van der Waals surface area (Å²) in [7, 11) is 0. The smallest absolute Gasteiger partial charge is 0.245 e. The highest BCUT2D eigenvalue weighted by Gasteiger charge is 2.48. The summed E-state index contributed by atoms with van der Waals surface area (Å²) in [4.78, 5) is 24.1. The molecule has 1 aromatic rings. The van der Waals surface area contributed by atoms with Crippen molar-refractivity contribution in [1.29, 1.82) is 5.26 Å². The minimum atomic E-state index is -1.39. The number of halogens is 2. The maximum absolute atomic E-state index is 13.7. The van der Waals surface area contributed by atoms with Gasteiger partial charge in [-0.2, -0.15) is 5.26 Å². The minimum Gasteiger partial charge on any atom is -0.352 e. The van der Waals surface area contributed by atoms with Crippen LogP contribution in [-0.2, 0) is 9.59 Å². The monoisotopic (exact) mass is 306 g/mol. The SMILES string of the molecule is CC(C)NC(=O)[C@H](C#N)C(=O)[C@H]1C[C@@H]1c1ccc(F)cc1F. The average molecular weight is 306 g/mol. The molecule has 0 aromatic heterocycles. The lowest BCUT2D eigenvalue weighted by Gasteiger charge is -2.12. The maximum Gasteiger partial charge on any atom is 0.245 e. The molecule has 0 aliphatic heterocycles.